The molecule has 0 amide bonds. The molecule has 1 aromatic rings. The van der Waals surface area contributed by atoms with Crippen molar-refractivity contribution in [2.75, 3.05) is 0 Å². The van der Waals surface area contributed by atoms with Crippen molar-refractivity contribution in [3.63, 3.8) is 0 Å². The van der Waals surface area contributed by atoms with Crippen LogP contribution in [-0.2, 0) is 10.1 Å². The molecule has 0 bridgehead atoms. The van der Waals surface area contributed by atoms with Gasteiger partial charge in [-0.15, -0.1) is 0 Å². The first-order valence-electron chi connectivity index (χ1n) is 5.58. The Hall–Kier alpha value is -0.573. The maximum absolute atomic E-state index is 10.7. The van der Waals surface area contributed by atoms with E-state index in [1.165, 1.54) is 3.57 Å². The van der Waals surface area contributed by atoms with E-state index in [0.717, 1.165) is 0 Å². The van der Waals surface area contributed by atoms with Crippen LogP contribution in [0.3, 0.4) is 0 Å². The molecule has 0 unspecified atom stereocenters. The molecule has 0 saturated carbocycles. The van der Waals surface area contributed by atoms with Crippen molar-refractivity contribution in [1.82, 2.24) is 0 Å². The standard InChI is InChI=1S/C11H14ISi.CHF3O3S/c1-13(2,3)10-9-12-11-7-5-4-6-8-11;2-1(3,4)8(5,6)7/h4-8H,1-3H3;(H,5,6,7)/q-1;. The molecule has 0 heterocycles. The van der Waals surface area contributed by atoms with Crippen molar-refractivity contribution in [2.45, 2.75) is 25.1 Å². The molecule has 0 saturated heterocycles. The van der Waals surface area contributed by atoms with E-state index >= 15 is 0 Å². The monoisotopic (exact) mass is 451 g/mol. The number of halogens is 4. The maximum atomic E-state index is 10.7. The van der Waals surface area contributed by atoms with Crippen molar-refractivity contribution in [3.05, 3.63) is 33.9 Å². The first-order valence-corrected chi connectivity index (χ1v) is 12.7. The summed E-state index contributed by atoms with van der Waals surface area (Å²) in [6, 6.07) is 10.6. The second-order valence-corrected chi connectivity index (χ2v) is 13.3. The van der Waals surface area contributed by atoms with Crippen LogP contribution in [0.5, 0.6) is 0 Å². The van der Waals surface area contributed by atoms with Gasteiger partial charge in [-0.05, 0) is 0 Å². The van der Waals surface area contributed by atoms with Crippen LogP contribution in [-0.4, -0.2) is 26.6 Å². The summed E-state index contributed by atoms with van der Waals surface area (Å²) in [5.74, 6) is 0. The summed E-state index contributed by atoms with van der Waals surface area (Å²) >= 11 is -0.0656. The Kier molecular flexibility index (Phi) is 7.94. The molecule has 0 spiro atoms. The molecule has 0 aliphatic carbocycles. The molecule has 0 aromatic heterocycles. The Morgan fingerprint density at radius 2 is 1.57 bits per heavy atom. The Bertz CT molecular complexity index is 599. The van der Waals surface area contributed by atoms with Crippen LogP contribution in [0.15, 0.2) is 30.3 Å². The average molecular weight is 451 g/mol. The van der Waals surface area contributed by atoms with Crippen molar-refractivity contribution in [2.24, 2.45) is 0 Å². The molecule has 0 fully saturated rings. The molecule has 0 atom stereocenters. The summed E-state index contributed by atoms with van der Waals surface area (Å²) in [4.78, 5) is 0. The van der Waals surface area contributed by atoms with Crippen LogP contribution in [0.25, 0.3) is 0 Å². The predicted octanol–water partition coefficient (Wildman–Crippen LogP) is 0.178. The topological polar surface area (TPSA) is 54.4 Å². The normalized spacial score (nSPS) is 12.0. The van der Waals surface area contributed by atoms with E-state index in [-0.39, 0.29) is 21.2 Å². The van der Waals surface area contributed by atoms with Crippen LogP contribution in [0.4, 0.5) is 13.2 Å². The smallest absolute Gasteiger partial charge is 0.279 e. The van der Waals surface area contributed by atoms with E-state index in [9.17, 15) is 13.2 Å². The summed E-state index contributed by atoms with van der Waals surface area (Å²) in [6.45, 7) is 6.86. The third-order valence-corrected chi connectivity index (χ3v) is 5.45. The van der Waals surface area contributed by atoms with Crippen LogP contribution in [0.2, 0.25) is 19.6 Å². The minimum Gasteiger partial charge on any atom is -0.279 e. The summed E-state index contributed by atoms with van der Waals surface area (Å²) < 4.78 is 62.3. The molecule has 3 nitrogen and oxygen atoms in total. The maximum Gasteiger partial charge on any atom is 0.522 e. The van der Waals surface area contributed by atoms with Gasteiger partial charge in [-0.3, -0.25) is 4.55 Å². The van der Waals surface area contributed by atoms with Crippen LogP contribution >= 0.6 is 0 Å². The minimum absolute atomic E-state index is 0.0656. The molecule has 0 aliphatic rings. The fourth-order valence-electron chi connectivity index (χ4n) is 0.698. The minimum atomic E-state index is -5.84. The second kappa shape index (κ2) is 8.16. The van der Waals surface area contributed by atoms with Gasteiger partial charge in [0, 0.05) is 0 Å². The van der Waals surface area contributed by atoms with Crippen molar-refractivity contribution in [1.29, 1.82) is 0 Å². The van der Waals surface area contributed by atoms with E-state index in [1.54, 1.807) is 0 Å². The number of rotatable bonds is 1. The summed E-state index contributed by atoms with van der Waals surface area (Å²) in [7, 11) is -6.98. The molecule has 0 radical (unpaired) electrons. The summed E-state index contributed by atoms with van der Waals surface area (Å²) in [5, 5.41) is 0. The first kappa shape index (κ1) is 20.4. The molecule has 120 valence electrons. The Morgan fingerprint density at radius 3 is 1.90 bits per heavy atom. The zero-order valence-electron chi connectivity index (χ0n) is 11.6. The van der Waals surface area contributed by atoms with E-state index in [1.807, 2.05) is 0 Å². The molecule has 1 aromatic carbocycles. The molecule has 0 aliphatic heterocycles. The fourth-order valence-corrected chi connectivity index (χ4v) is 4.95. The van der Waals surface area contributed by atoms with E-state index in [2.05, 4.69) is 59.4 Å². The molecule has 9 heteroatoms. The van der Waals surface area contributed by atoms with Gasteiger partial charge < -0.3 is 0 Å². The van der Waals surface area contributed by atoms with Crippen LogP contribution in [0.1, 0.15) is 0 Å². The van der Waals surface area contributed by atoms with Gasteiger partial charge in [-0.25, -0.2) is 0 Å². The van der Waals surface area contributed by atoms with Gasteiger partial charge in [0.15, 0.2) is 0 Å². The molecule has 1 N–H and O–H groups in total. The largest absolute Gasteiger partial charge is 0.522 e. The number of alkyl halides is 3. The number of hydrogen-bond donors (Lipinski definition) is 1. The third-order valence-electron chi connectivity index (χ3n) is 1.60. The fraction of sp³-hybridized carbons (Fsp3) is 0.333. The van der Waals surface area contributed by atoms with Crippen molar-refractivity contribution < 1.29 is 47.3 Å². The first-order chi connectivity index (χ1) is 9.33. The second-order valence-electron chi connectivity index (χ2n) is 4.78. The quantitative estimate of drug-likeness (QED) is 0.218. The molecular weight excluding hydrogens is 436 g/mol. The molecule has 1 rings (SSSR count). The van der Waals surface area contributed by atoms with Crippen LogP contribution < -0.4 is 21.2 Å². The number of hydrogen-bond acceptors (Lipinski definition) is 2. The predicted molar refractivity (Wildman–Crippen MR) is 73.9 cm³/mol. The third kappa shape index (κ3) is 10.8. The Morgan fingerprint density at radius 1 is 1.14 bits per heavy atom. The van der Waals surface area contributed by atoms with Gasteiger partial charge in [-0.1, -0.05) is 0 Å². The van der Waals surface area contributed by atoms with Crippen LogP contribution in [0, 0.1) is 13.0 Å². The number of benzene rings is 1. The van der Waals surface area contributed by atoms with Gasteiger partial charge in [-0.2, -0.15) is 21.6 Å². The molecular formula is C12H15F3IO3SSi-. The van der Waals surface area contributed by atoms with Gasteiger partial charge in [0.1, 0.15) is 0 Å². The average Bonchev–Trinajstić information content (AvgIpc) is 2.26. The van der Waals surface area contributed by atoms with E-state index in [4.69, 9.17) is 13.0 Å². The van der Waals surface area contributed by atoms with Crippen molar-refractivity contribution >= 4 is 18.2 Å². The SMILES string of the molecule is C[Si](C)(C)C#C[I-]c1ccccc1.O=S(=O)(O)C(F)(F)F. The van der Waals surface area contributed by atoms with Crippen molar-refractivity contribution in [3.8, 4) is 9.47 Å². The van der Waals surface area contributed by atoms with Gasteiger partial charge in [0.25, 0.3) is 0 Å². The van der Waals surface area contributed by atoms with Gasteiger partial charge >= 0.3 is 108 Å². The Labute approximate surface area is 134 Å². The molecule has 21 heavy (non-hydrogen) atoms. The summed E-state index contributed by atoms with van der Waals surface area (Å²) in [6.07, 6.45) is 0. The Balaban J connectivity index is 0.000000433. The summed E-state index contributed by atoms with van der Waals surface area (Å²) in [5.41, 5.74) is -2.13. The van der Waals surface area contributed by atoms with Gasteiger partial charge in [0.05, 0.1) is 0 Å². The van der Waals surface area contributed by atoms with E-state index < -0.39 is 23.7 Å². The zero-order valence-corrected chi connectivity index (χ0v) is 15.5. The van der Waals surface area contributed by atoms with Gasteiger partial charge in [0.2, 0.25) is 0 Å². The zero-order chi connectivity index (χ0) is 16.7. The van der Waals surface area contributed by atoms with E-state index in [0.29, 0.717) is 0 Å².